The summed E-state index contributed by atoms with van der Waals surface area (Å²) in [6.45, 7) is 3.95. The quantitative estimate of drug-likeness (QED) is 0.493. The van der Waals surface area contributed by atoms with E-state index >= 15 is 0 Å². The minimum Gasteiger partial charge on any atom is -0.449 e. The van der Waals surface area contributed by atoms with Crippen molar-refractivity contribution >= 4 is 11.9 Å². The summed E-state index contributed by atoms with van der Waals surface area (Å²) in [5.41, 5.74) is -0.338. The van der Waals surface area contributed by atoms with E-state index in [1.54, 1.807) is 13.1 Å². The van der Waals surface area contributed by atoms with E-state index in [1.807, 2.05) is 6.92 Å². The summed E-state index contributed by atoms with van der Waals surface area (Å²) in [7, 11) is 0. The molecule has 0 saturated carbocycles. The SMILES string of the molecule is CCCCCOC(=O)Nc1nc(=O)n([C@H]2O[C@@H](Cn3cc(C)nn3)[C@H](O)[C@@H]2O)cc1F. The molecule has 1 aliphatic rings. The number of aromatic nitrogens is 5. The Hall–Kier alpha value is -2.90. The Labute approximate surface area is 176 Å². The monoisotopic (exact) mass is 440 g/mol. The van der Waals surface area contributed by atoms with Gasteiger partial charge >= 0.3 is 11.8 Å². The smallest absolute Gasteiger partial charge is 0.412 e. The average Bonchev–Trinajstić information content (AvgIpc) is 3.26. The third kappa shape index (κ3) is 5.42. The van der Waals surface area contributed by atoms with Crippen molar-refractivity contribution in [1.82, 2.24) is 24.5 Å². The molecular weight excluding hydrogens is 415 g/mol. The van der Waals surface area contributed by atoms with E-state index in [4.69, 9.17) is 9.47 Å². The number of nitrogens with one attached hydrogen (secondary N) is 1. The van der Waals surface area contributed by atoms with Crippen LogP contribution in [0.25, 0.3) is 0 Å². The largest absolute Gasteiger partial charge is 0.449 e. The second-order valence-corrected chi connectivity index (χ2v) is 7.22. The van der Waals surface area contributed by atoms with Crippen LogP contribution >= 0.6 is 0 Å². The molecule has 2 aromatic heterocycles. The van der Waals surface area contributed by atoms with Crippen molar-refractivity contribution in [2.24, 2.45) is 0 Å². The van der Waals surface area contributed by atoms with Crippen LogP contribution in [-0.4, -0.2) is 65.8 Å². The molecule has 170 valence electrons. The van der Waals surface area contributed by atoms with E-state index < -0.39 is 48.0 Å². The van der Waals surface area contributed by atoms with Crippen LogP contribution in [0.2, 0.25) is 0 Å². The third-order valence-electron chi connectivity index (χ3n) is 4.74. The Morgan fingerprint density at radius 3 is 2.77 bits per heavy atom. The maximum atomic E-state index is 14.4. The Kier molecular flexibility index (Phi) is 7.30. The molecule has 3 N–H and O–H groups in total. The van der Waals surface area contributed by atoms with Crippen LogP contribution in [0.3, 0.4) is 0 Å². The molecule has 3 heterocycles. The number of rotatable bonds is 8. The standard InChI is InChI=1S/C18H25FN6O6/c1-3-4-5-6-30-18(29)21-15-11(19)8-25(17(28)20-15)16-14(27)13(26)12(31-16)9-24-7-10(2)22-23-24/h7-8,12-14,16,26-27H,3-6,9H2,1-2H3,(H,20,21,28,29)/t12-,13-,14-,16-/m0/s1. The summed E-state index contributed by atoms with van der Waals surface area (Å²) < 4.78 is 27.0. The van der Waals surface area contributed by atoms with E-state index in [0.29, 0.717) is 16.7 Å². The summed E-state index contributed by atoms with van der Waals surface area (Å²) >= 11 is 0. The molecule has 0 aliphatic carbocycles. The molecule has 2 aromatic rings. The normalized spacial score (nSPS) is 23.1. The van der Waals surface area contributed by atoms with Crippen molar-refractivity contribution in [3.05, 3.63) is 34.4 Å². The number of aliphatic hydroxyl groups excluding tert-OH is 2. The number of nitrogens with zero attached hydrogens (tertiary/aromatic N) is 5. The molecule has 1 saturated heterocycles. The molecule has 12 nitrogen and oxygen atoms in total. The molecule has 0 spiro atoms. The van der Waals surface area contributed by atoms with Crippen molar-refractivity contribution < 1.29 is 28.9 Å². The van der Waals surface area contributed by atoms with Crippen molar-refractivity contribution in [2.75, 3.05) is 11.9 Å². The van der Waals surface area contributed by atoms with E-state index in [-0.39, 0.29) is 13.2 Å². The molecule has 4 atom stereocenters. The van der Waals surface area contributed by atoms with Gasteiger partial charge in [-0.1, -0.05) is 25.0 Å². The van der Waals surface area contributed by atoms with Gasteiger partial charge < -0.3 is 19.7 Å². The van der Waals surface area contributed by atoms with Crippen molar-refractivity contribution in [3.63, 3.8) is 0 Å². The first-order valence-electron chi connectivity index (χ1n) is 9.91. The Bertz CT molecular complexity index is 965. The predicted molar refractivity (Wildman–Crippen MR) is 104 cm³/mol. The number of hydrogen-bond acceptors (Lipinski definition) is 9. The maximum Gasteiger partial charge on any atom is 0.412 e. The lowest BCUT2D eigenvalue weighted by molar-refractivity contribution is -0.0453. The zero-order valence-corrected chi connectivity index (χ0v) is 17.1. The first-order valence-corrected chi connectivity index (χ1v) is 9.91. The summed E-state index contributed by atoms with van der Waals surface area (Å²) in [6.07, 6.45) is -1.27. The van der Waals surface area contributed by atoms with Gasteiger partial charge in [-0.05, 0) is 13.3 Å². The fourth-order valence-corrected chi connectivity index (χ4v) is 3.14. The lowest BCUT2D eigenvalue weighted by Gasteiger charge is -2.17. The number of ether oxygens (including phenoxy) is 2. The van der Waals surface area contributed by atoms with Crippen LogP contribution in [-0.2, 0) is 16.0 Å². The molecule has 1 fully saturated rings. The summed E-state index contributed by atoms with van der Waals surface area (Å²) in [5, 5.41) is 30.3. The zero-order chi connectivity index (χ0) is 22.5. The number of amides is 1. The molecule has 0 unspecified atom stereocenters. The summed E-state index contributed by atoms with van der Waals surface area (Å²) in [4.78, 5) is 27.6. The van der Waals surface area contributed by atoms with E-state index in [1.165, 1.54) is 4.68 Å². The van der Waals surface area contributed by atoms with Crippen LogP contribution in [0.1, 0.15) is 38.1 Å². The number of aliphatic hydroxyl groups is 2. The molecule has 31 heavy (non-hydrogen) atoms. The first kappa shape index (κ1) is 22.8. The molecule has 13 heteroatoms. The Balaban J connectivity index is 1.69. The van der Waals surface area contributed by atoms with Gasteiger partial charge in [0.25, 0.3) is 0 Å². The van der Waals surface area contributed by atoms with Crippen molar-refractivity contribution in [1.29, 1.82) is 0 Å². The number of anilines is 1. The molecule has 3 rings (SSSR count). The van der Waals surface area contributed by atoms with Crippen LogP contribution in [0, 0.1) is 12.7 Å². The zero-order valence-electron chi connectivity index (χ0n) is 17.1. The number of unbranched alkanes of at least 4 members (excludes halogenated alkanes) is 2. The van der Waals surface area contributed by atoms with Gasteiger partial charge in [-0.2, -0.15) is 4.98 Å². The van der Waals surface area contributed by atoms with E-state index in [0.717, 1.165) is 19.0 Å². The highest BCUT2D eigenvalue weighted by atomic mass is 19.1. The highest BCUT2D eigenvalue weighted by Gasteiger charge is 2.44. The summed E-state index contributed by atoms with van der Waals surface area (Å²) in [5.74, 6) is -1.64. The molecule has 1 aliphatic heterocycles. The number of hydrogen-bond donors (Lipinski definition) is 3. The molecule has 0 radical (unpaired) electrons. The fraction of sp³-hybridized carbons (Fsp3) is 0.611. The van der Waals surface area contributed by atoms with Crippen LogP contribution in [0.4, 0.5) is 15.0 Å². The highest BCUT2D eigenvalue weighted by Crippen LogP contribution is 2.29. The first-order chi connectivity index (χ1) is 14.8. The van der Waals surface area contributed by atoms with E-state index in [2.05, 4.69) is 20.6 Å². The second-order valence-electron chi connectivity index (χ2n) is 7.22. The predicted octanol–water partition coefficient (Wildman–Crippen LogP) is 0.340. The number of carbonyl (C=O) groups is 1. The van der Waals surface area contributed by atoms with Gasteiger partial charge in [0.15, 0.2) is 17.9 Å². The average molecular weight is 440 g/mol. The van der Waals surface area contributed by atoms with E-state index in [9.17, 15) is 24.2 Å². The van der Waals surface area contributed by atoms with Crippen LogP contribution in [0.5, 0.6) is 0 Å². The third-order valence-corrected chi connectivity index (χ3v) is 4.74. The minimum absolute atomic E-state index is 0.0593. The van der Waals surface area contributed by atoms with Gasteiger partial charge in [0.2, 0.25) is 0 Å². The molecule has 1 amide bonds. The lowest BCUT2D eigenvalue weighted by Crippen LogP contribution is -2.36. The molecule has 0 bridgehead atoms. The Morgan fingerprint density at radius 2 is 2.10 bits per heavy atom. The number of aryl methyl sites for hydroxylation is 1. The minimum atomic E-state index is -1.52. The van der Waals surface area contributed by atoms with Gasteiger partial charge in [0.05, 0.1) is 25.0 Å². The Morgan fingerprint density at radius 1 is 1.32 bits per heavy atom. The molecule has 0 aromatic carbocycles. The van der Waals surface area contributed by atoms with Gasteiger partial charge in [-0.3, -0.25) is 9.88 Å². The highest BCUT2D eigenvalue weighted by molar-refractivity contribution is 5.83. The number of carbonyl (C=O) groups excluding carboxylic acids is 1. The van der Waals surface area contributed by atoms with Gasteiger partial charge in [-0.15, -0.1) is 5.10 Å². The van der Waals surface area contributed by atoms with Crippen molar-refractivity contribution in [2.45, 2.75) is 64.2 Å². The second kappa shape index (κ2) is 9.94. The van der Waals surface area contributed by atoms with Gasteiger partial charge in [0.1, 0.15) is 18.3 Å². The molecular formula is C18H25FN6O6. The summed E-state index contributed by atoms with van der Waals surface area (Å²) in [6, 6.07) is 0. The maximum absolute atomic E-state index is 14.4. The van der Waals surface area contributed by atoms with Crippen LogP contribution in [0.15, 0.2) is 17.2 Å². The number of halogens is 1. The van der Waals surface area contributed by atoms with Gasteiger partial charge in [0, 0.05) is 6.20 Å². The lowest BCUT2D eigenvalue weighted by atomic mass is 10.1. The fourth-order valence-electron chi connectivity index (χ4n) is 3.14. The van der Waals surface area contributed by atoms with Crippen LogP contribution < -0.4 is 11.0 Å². The van der Waals surface area contributed by atoms with Crippen molar-refractivity contribution in [3.8, 4) is 0 Å². The van der Waals surface area contributed by atoms with Gasteiger partial charge in [-0.25, -0.2) is 18.7 Å². The topological polar surface area (TPSA) is 154 Å².